The first-order chi connectivity index (χ1) is 5.52. The van der Waals surface area contributed by atoms with Gasteiger partial charge in [-0.1, -0.05) is 25.4 Å². The van der Waals surface area contributed by atoms with Gasteiger partial charge in [0, 0.05) is 5.02 Å². The third-order valence-electron chi connectivity index (χ3n) is 1.94. The summed E-state index contributed by atoms with van der Waals surface area (Å²) in [7, 11) is 0. The van der Waals surface area contributed by atoms with Gasteiger partial charge in [-0.2, -0.15) is 0 Å². The molecule has 0 bridgehead atoms. The molecule has 0 aliphatic rings. The second-order valence-corrected chi connectivity index (χ2v) is 3.72. The number of aromatic hydroxyl groups is 1. The van der Waals surface area contributed by atoms with Crippen molar-refractivity contribution < 1.29 is 5.11 Å². The number of benzene rings is 1. The number of hydrogen-bond donors (Lipinski definition) is 1. The minimum Gasteiger partial charge on any atom is -0.508 e. The Labute approximate surface area is 78.0 Å². The van der Waals surface area contributed by atoms with E-state index in [-0.39, 0.29) is 0 Å². The van der Waals surface area contributed by atoms with Crippen molar-refractivity contribution in [3.63, 3.8) is 0 Å². The maximum atomic E-state index is 9.41. The standard InChI is InChI=1S/C10H13ClO/c1-6(2)8-5-10(12)7(3)4-9(8)11/h4-6,12H,1-3H3. The Balaban J connectivity index is 3.23. The highest BCUT2D eigenvalue weighted by atomic mass is 35.5. The smallest absolute Gasteiger partial charge is 0.118 e. The third-order valence-corrected chi connectivity index (χ3v) is 2.26. The molecule has 0 saturated heterocycles. The van der Waals surface area contributed by atoms with Crippen LogP contribution in [-0.4, -0.2) is 5.11 Å². The summed E-state index contributed by atoms with van der Waals surface area (Å²) in [6.45, 7) is 5.94. The number of phenols is 1. The first-order valence-electron chi connectivity index (χ1n) is 4.01. The highest BCUT2D eigenvalue weighted by Gasteiger charge is 2.07. The van der Waals surface area contributed by atoms with E-state index in [0.29, 0.717) is 11.7 Å². The Morgan fingerprint density at radius 3 is 2.42 bits per heavy atom. The van der Waals surface area contributed by atoms with E-state index in [4.69, 9.17) is 11.6 Å². The van der Waals surface area contributed by atoms with Crippen LogP contribution < -0.4 is 0 Å². The second kappa shape index (κ2) is 3.36. The van der Waals surface area contributed by atoms with Crippen LogP contribution in [-0.2, 0) is 0 Å². The van der Waals surface area contributed by atoms with Crippen LogP contribution in [0.5, 0.6) is 5.75 Å². The molecule has 0 atom stereocenters. The molecule has 0 unspecified atom stereocenters. The van der Waals surface area contributed by atoms with Crippen molar-refractivity contribution in [3.05, 3.63) is 28.3 Å². The fourth-order valence-corrected chi connectivity index (χ4v) is 1.56. The van der Waals surface area contributed by atoms with Crippen LogP contribution >= 0.6 is 11.6 Å². The van der Waals surface area contributed by atoms with Crippen LogP contribution in [0.2, 0.25) is 5.02 Å². The van der Waals surface area contributed by atoms with Gasteiger partial charge in [-0.3, -0.25) is 0 Å². The molecule has 12 heavy (non-hydrogen) atoms. The minimum absolute atomic E-state index is 0.322. The first-order valence-corrected chi connectivity index (χ1v) is 4.39. The van der Waals surface area contributed by atoms with E-state index in [2.05, 4.69) is 13.8 Å². The van der Waals surface area contributed by atoms with Crippen molar-refractivity contribution in [1.82, 2.24) is 0 Å². The zero-order valence-electron chi connectivity index (χ0n) is 7.56. The lowest BCUT2D eigenvalue weighted by Crippen LogP contribution is -1.89. The van der Waals surface area contributed by atoms with Gasteiger partial charge in [0.2, 0.25) is 0 Å². The molecule has 1 nitrogen and oxygen atoms in total. The van der Waals surface area contributed by atoms with Crippen LogP contribution in [0, 0.1) is 6.92 Å². The highest BCUT2D eigenvalue weighted by molar-refractivity contribution is 6.31. The fourth-order valence-electron chi connectivity index (χ4n) is 1.12. The summed E-state index contributed by atoms with van der Waals surface area (Å²) in [6, 6.07) is 3.54. The highest BCUT2D eigenvalue weighted by Crippen LogP contribution is 2.30. The van der Waals surface area contributed by atoms with E-state index in [1.54, 1.807) is 12.1 Å². The van der Waals surface area contributed by atoms with E-state index < -0.39 is 0 Å². The van der Waals surface area contributed by atoms with E-state index in [0.717, 1.165) is 16.1 Å². The lowest BCUT2D eigenvalue weighted by atomic mass is 10.0. The van der Waals surface area contributed by atoms with Crippen LogP contribution in [0.3, 0.4) is 0 Å². The summed E-state index contributed by atoms with van der Waals surface area (Å²) in [6.07, 6.45) is 0. The summed E-state index contributed by atoms with van der Waals surface area (Å²) in [5, 5.41) is 10.2. The van der Waals surface area contributed by atoms with Crippen molar-refractivity contribution in [2.45, 2.75) is 26.7 Å². The topological polar surface area (TPSA) is 20.2 Å². The summed E-state index contributed by atoms with van der Waals surface area (Å²) in [4.78, 5) is 0. The molecule has 0 fully saturated rings. The Morgan fingerprint density at radius 1 is 1.33 bits per heavy atom. The Bertz CT molecular complexity index is 292. The van der Waals surface area contributed by atoms with Crippen LogP contribution in [0.4, 0.5) is 0 Å². The molecule has 2 heteroatoms. The maximum absolute atomic E-state index is 9.41. The summed E-state index contributed by atoms with van der Waals surface area (Å²) in [5.41, 5.74) is 1.82. The van der Waals surface area contributed by atoms with E-state index in [1.165, 1.54) is 0 Å². The minimum atomic E-state index is 0.322. The Kier molecular flexibility index (Phi) is 2.63. The fraction of sp³-hybridized carbons (Fsp3) is 0.400. The predicted octanol–water partition coefficient (Wildman–Crippen LogP) is 3.48. The van der Waals surface area contributed by atoms with E-state index in [9.17, 15) is 5.11 Å². The van der Waals surface area contributed by atoms with E-state index in [1.807, 2.05) is 6.92 Å². The van der Waals surface area contributed by atoms with Gasteiger partial charge in [-0.25, -0.2) is 0 Å². The number of rotatable bonds is 1. The average molecular weight is 185 g/mol. The SMILES string of the molecule is Cc1cc(Cl)c(C(C)C)cc1O. The first kappa shape index (κ1) is 9.40. The Hall–Kier alpha value is -0.690. The molecule has 1 aromatic carbocycles. The van der Waals surface area contributed by atoms with Crippen molar-refractivity contribution in [1.29, 1.82) is 0 Å². The van der Waals surface area contributed by atoms with Crippen molar-refractivity contribution in [2.75, 3.05) is 0 Å². The number of halogens is 1. The molecule has 0 aromatic heterocycles. The largest absolute Gasteiger partial charge is 0.508 e. The van der Waals surface area contributed by atoms with Gasteiger partial charge in [-0.05, 0) is 36.1 Å². The van der Waals surface area contributed by atoms with E-state index >= 15 is 0 Å². The van der Waals surface area contributed by atoms with Crippen LogP contribution in [0.25, 0.3) is 0 Å². The Morgan fingerprint density at radius 2 is 1.92 bits per heavy atom. The second-order valence-electron chi connectivity index (χ2n) is 3.31. The number of aryl methyl sites for hydroxylation is 1. The molecule has 0 heterocycles. The van der Waals surface area contributed by atoms with Crippen LogP contribution in [0.15, 0.2) is 12.1 Å². The van der Waals surface area contributed by atoms with Gasteiger partial charge in [0.05, 0.1) is 0 Å². The predicted molar refractivity (Wildman–Crippen MR) is 51.9 cm³/mol. The van der Waals surface area contributed by atoms with Crippen molar-refractivity contribution in [2.24, 2.45) is 0 Å². The van der Waals surface area contributed by atoms with Crippen molar-refractivity contribution >= 4 is 11.6 Å². The molecule has 0 spiro atoms. The normalized spacial score (nSPS) is 10.8. The third kappa shape index (κ3) is 1.72. The number of phenolic OH excluding ortho intramolecular Hbond substituents is 1. The molecular weight excluding hydrogens is 172 g/mol. The lowest BCUT2D eigenvalue weighted by molar-refractivity contribution is 0.470. The lowest BCUT2D eigenvalue weighted by Gasteiger charge is -2.09. The summed E-state index contributed by atoms with van der Waals surface area (Å²) < 4.78 is 0. The van der Waals surface area contributed by atoms with Gasteiger partial charge >= 0.3 is 0 Å². The monoisotopic (exact) mass is 184 g/mol. The van der Waals surface area contributed by atoms with Crippen LogP contribution in [0.1, 0.15) is 30.9 Å². The summed E-state index contributed by atoms with van der Waals surface area (Å²) >= 11 is 5.99. The van der Waals surface area contributed by atoms with Gasteiger partial charge in [0.15, 0.2) is 0 Å². The maximum Gasteiger partial charge on any atom is 0.118 e. The average Bonchev–Trinajstić information content (AvgIpc) is 1.96. The molecule has 0 amide bonds. The van der Waals surface area contributed by atoms with Crippen molar-refractivity contribution in [3.8, 4) is 5.75 Å². The molecule has 1 aromatic rings. The molecule has 0 radical (unpaired) electrons. The molecule has 0 aliphatic carbocycles. The van der Waals surface area contributed by atoms with Gasteiger partial charge in [0.1, 0.15) is 5.75 Å². The van der Waals surface area contributed by atoms with Gasteiger partial charge in [0.25, 0.3) is 0 Å². The molecular formula is C10H13ClO. The zero-order valence-corrected chi connectivity index (χ0v) is 8.31. The molecule has 66 valence electrons. The van der Waals surface area contributed by atoms with Gasteiger partial charge < -0.3 is 5.11 Å². The van der Waals surface area contributed by atoms with Gasteiger partial charge in [-0.15, -0.1) is 0 Å². The zero-order chi connectivity index (χ0) is 9.30. The number of hydrogen-bond acceptors (Lipinski definition) is 1. The molecule has 0 aliphatic heterocycles. The molecule has 1 N–H and O–H groups in total. The molecule has 1 rings (SSSR count). The quantitative estimate of drug-likeness (QED) is 0.709. The summed E-state index contributed by atoms with van der Waals surface area (Å²) in [5.74, 6) is 0.673. The molecule has 0 saturated carbocycles.